The van der Waals surface area contributed by atoms with Crippen LogP contribution in [-0.2, 0) is 11.2 Å². The Kier molecular flexibility index (Phi) is 5.03. The van der Waals surface area contributed by atoms with Crippen molar-refractivity contribution < 1.29 is 4.74 Å². The van der Waals surface area contributed by atoms with Gasteiger partial charge in [0.2, 0.25) is 0 Å². The minimum atomic E-state index is 0.329. The maximum Gasteiger partial charge on any atom is 0.140 e. The van der Waals surface area contributed by atoms with Gasteiger partial charge in [0.25, 0.3) is 0 Å². The first kappa shape index (κ1) is 14.4. The molecule has 4 nitrogen and oxygen atoms in total. The molecule has 20 heavy (non-hydrogen) atoms. The molecule has 0 bridgehead atoms. The maximum absolute atomic E-state index is 5.72. The molecule has 2 aromatic rings. The van der Waals surface area contributed by atoms with Gasteiger partial charge in [-0.05, 0) is 30.2 Å². The highest BCUT2D eigenvalue weighted by molar-refractivity contribution is 7.80. The van der Waals surface area contributed by atoms with Gasteiger partial charge >= 0.3 is 0 Å². The number of methoxy groups -OCH3 is 1. The van der Waals surface area contributed by atoms with Crippen molar-refractivity contribution >= 4 is 28.7 Å². The van der Waals surface area contributed by atoms with Crippen LogP contribution in [0.25, 0.3) is 0 Å². The molecule has 0 aliphatic heterocycles. The number of rotatable bonds is 6. The number of para-hydroxylation sites is 1. The van der Waals surface area contributed by atoms with Crippen LogP contribution in [0.5, 0.6) is 0 Å². The molecule has 0 amide bonds. The fourth-order valence-electron chi connectivity index (χ4n) is 1.90. The summed E-state index contributed by atoms with van der Waals surface area (Å²) in [7, 11) is 1.69. The normalized spacial score (nSPS) is 10.2. The highest BCUT2D eigenvalue weighted by Gasteiger charge is 2.08. The minimum absolute atomic E-state index is 0.329. The number of thiocarbonyl (C=S) groups is 1. The Morgan fingerprint density at radius 1 is 1.30 bits per heavy atom. The smallest absolute Gasteiger partial charge is 0.140 e. The van der Waals surface area contributed by atoms with Crippen molar-refractivity contribution in [3.05, 3.63) is 53.7 Å². The molecule has 1 aromatic heterocycles. The summed E-state index contributed by atoms with van der Waals surface area (Å²) in [5, 5.41) is 3.30. The van der Waals surface area contributed by atoms with Crippen molar-refractivity contribution in [1.29, 1.82) is 0 Å². The molecule has 0 atom stereocenters. The fourth-order valence-corrected chi connectivity index (χ4v) is 2.07. The number of hydrogen-bond donors (Lipinski definition) is 2. The Labute approximate surface area is 124 Å². The van der Waals surface area contributed by atoms with Crippen molar-refractivity contribution in [3.8, 4) is 0 Å². The second kappa shape index (κ2) is 6.98. The van der Waals surface area contributed by atoms with Gasteiger partial charge < -0.3 is 15.8 Å². The Hall–Kier alpha value is -1.98. The molecular formula is C15H17N3OS. The molecule has 5 heteroatoms. The Bertz CT molecular complexity index is 601. The second-order valence-electron chi connectivity index (χ2n) is 4.29. The molecule has 2 rings (SSSR count). The number of aromatic nitrogens is 1. The largest absolute Gasteiger partial charge is 0.389 e. The van der Waals surface area contributed by atoms with E-state index in [1.54, 1.807) is 13.3 Å². The number of benzene rings is 1. The lowest BCUT2D eigenvalue weighted by Crippen LogP contribution is -2.13. The number of pyridine rings is 1. The van der Waals surface area contributed by atoms with E-state index in [9.17, 15) is 0 Å². The number of anilines is 2. The summed E-state index contributed by atoms with van der Waals surface area (Å²) >= 11 is 5.05. The third kappa shape index (κ3) is 3.53. The summed E-state index contributed by atoms with van der Waals surface area (Å²) < 4.78 is 5.13. The molecular weight excluding hydrogens is 270 g/mol. The van der Waals surface area contributed by atoms with E-state index in [2.05, 4.69) is 16.4 Å². The van der Waals surface area contributed by atoms with Gasteiger partial charge in [0.15, 0.2) is 0 Å². The van der Waals surface area contributed by atoms with Crippen LogP contribution < -0.4 is 11.1 Å². The van der Waals surface area contributed by atoms with Crippen LogP contribution in [0.15, 0.2) is 42.6 Å². The first-order valence-corrected chi connectivity index (χ1v) is 6.72. The third-order valence-corrected chi connectivity index (χ3v) is 3.14. The number of nitrogens with zero attached hydrogens (tertiary/aromatic N) is 1. The second-order valence-corrected chi connectivity index (χ2v) is 4.73. The van der Waals surface area contributed by atoms with Crippen LogP contribution in [0.4, 0.5) is 11.5 Å². The van der Waals surface area contributed by atoms with Gasteiger partial charge in [0.05, 0.1) is 12.2 Å². The summed E-state index contributed by atoms with van der Waals surface area (Å²) in [5.41, 5.74) is 8.61. The molecule has 104 valence electrons. The average molecular weight is 287 g/mol. The highest BCUT2D eigenvalue weighted by atomic mass is 32.1. The van der Waals surface area contributed by atoms with Crippen LogP contribution >= 0.6 is 12.2 Å². The van der Waals surface area contributed by atoms with Gasteiger partial charge in [0.1, 0.15) is 10.8 Å². The summed E-state index contributed by atoms with van der Waals surface area (Å²) in [6.07, 6.45) is 2.54. The minimum Gasteiger partial charge on any atom is -0.389 e. The summed E-state index contributed by atoms with van der Waals surface area (Å²) in [6.45, 7) is 0.670. The van der Waals surface area contributed by atoms with Gasteiger partial charge in [-0.2, -0.15) is 0 Å². The van der Waals surface area contributed by atoms with E-state index in [1.807, 2.05) is 30.3 Å². The fraction of sp³-hybridized carbons (Fsp3) is 0.200. The Morgan fingerprint density at radius 3 is 2.85 bits per heavy atom. The molecule has 0 aliphatic carbocycles. The predicted octanol–water partition coefficient (Wildman–Crippen LogP) is 2.65. The SMILES string of the molecule is COCCc1ccccc1Nc1ncccc1C(N)=S. The molecule has 0 saturated carbocycles. The van der Waals surface area contributed by atoms with Crippen LogP contribution in [0.2, 0.25) is 0 Å². The van der Waals surface area contributed by atoms with E-state index in [-0.39, 0.29) is 0 Å². The van der Waals surface area contributed by atoms with Crippen LogP contribution in [-0.4, -0.2) is 23.7 Å². The molecule has 0 saturated heterocycles. The summed E-state index contributed by atoms with van der Waals surface area (Å²) in [6, 6.07) is 11.7. The summed E-state index contributed by atoms with van der Waals surface area (Å²) in [5.74, 6) is 0.671. The monoisotopic (exact) mass is 287 g/mol. The van der Waals surface area contributed by atoms with Crippen LogP contribution in [0.3, 0.4) is 0 Å². The molecule has 3 N–H and O–H groups in total. The van der Waals surface area contributed by atoms with Crippen molar-refractivity contribution in [3.63, 3.8) is 0 Å². The van der Waals surface area contributed by atoms with Gasteiger partial charge in [0, 0.05) is 19.0 Å². The lowest BCUT2D eigenvalue weighted by atomic mass is 10.1. The topological polar surface area (TPSA) is 60.2 Å². The maximum atomic E-state index is 5.72. The molecule has 1 aromatic carbocycles. The highest BCUT2D eigenvalue weighted by Crippen LogP contribution is 2.22. The molecule has 0 aliphatic rings. The van der Waals surface area contributed by atoms with E-state index in [1.165, 1.54) is 0 Å². The van der Waals surface area contributed by atoms with E-state index < -0.39 is 0 Å². The van der Waals surface area contributed by atoms with E-state index >= 15 is 0 Å². The average Bonchev–Trinajstić information content (AvgIpc) is 2.47. The molecule has 0 fully saturated rings. The lowest BCUT2D eigenvalue weighted by Gasteiger charge is -2.13. The Morgan fingerprint density at radius 2 is 2.10 bits per heavy atom. The zero-order valence-electron chi connectivity index (χ0n) is 11.3. The van der Waals surface area contributed by atoms with Gasteiger partial charge in [-0.1, -0.05) is 30.4 Å². The molecule has 0 unspecified atom stereocenters. The zero-order chi connectivity index (χ0) is 14.4. The lowest BCUT2D eigenvalue weighted by molar-refractivity contribution is 0.202. The van der Waals surface area contributed by atoms with E-state index in [4.69, 9.17) is 22.7 Å². The van der Waals surface area contributed by atoms with Crippen molar-refractivity contribution in [2.75, 3.05) is 19.0 Å². The van der Waals surface area contributed by atoms with E-state index in [0.717, 1.165) is 23.2 Å². The predicted molar refractivity (Wildman–Crippen MR) is 85.4 cm³/mol. The van der Waals surface area contributed by atoms with Crippen LogP contribution in [0.1, 0.15) is 11.1 Å². The number of ether oxygens (including phenoxy) is 1. The summed E-state index contributed by atoms with van der Waals surface area (Å²) in [4.78, 5) is 4.64. The number of nitrogens with one attached hydrogen (secondary N) is 1. The molecule has 0 spiro atoms. The van der Waals surface area contributed by atoms with Gasteiger partial charge in [-0.25, -0.2) is 4.98 Å². The van der Waals surface area contributed by atoms with Crippen LogP contribution in [0, 0.1) is 0 Å². The van der Waals surface area contributed by atoms with Crippen molar-refractivity contribution in [1.82, 2.24) is 4.98 Å². The van der Waals surface area contributed by atoms with Crippen molar-refractivity contribution in [2.45, 2.75) is 6.42 Å². The van der Waals surface area contributed by atoms with Crippen molar-refractivity contribution in [2.24, 2.45) is 5.73 Å². The Balaban J connectivity index is 2.28. The number of nitrogens with two attached hydrogens (primary N) is 1. The first-order valence-electron chi connectivity index (χ1n) is 6.31. The quantitative estimate of drug-likeness (QED) is 0.800. The standard InChI is InChI=1S/C15H17N3OS/c1-19-10-8-11-5-2-3-7-13(11)18-15-12(14(16)20)6-4-9-17-15/h2-7,9H,8,10H2,1H3,(H2,16,20)(H,17,18). The van der Waals surface area contributed by atoms with Gasteiger partial charge in [-0.3, -0.25) is 0 Å². The van der Waals surface area contributed by atoms with E-state index in [0.29, 0.717) is 17.4 Å². The zero-order valence-corrected chi connectivity index (χ0v) is 12.1. The third-order valence-electron chi connectivity index (χ3n) is 2.92. The number of hydrogen-bond acceptors (Lipinski definition) is 4. The van der Waals surface area contributed by atoms with Gasteiger partial charge in [-0.15, -0.1) is 0 Å². The molecule has 1 heterocycles. The molecule has 0 radical (unpaired) electrons. The first-order chi connectivity index (χ1) is 9.72.